The van der Waals surface area contributed by atoms with Gasteiger partial charge in [0, 0.05) is 23.8 Å². The minimum Gasteiger partial charge on any atom is -0.480 e. The summed E-state index contributed by atoms with van der Waals surface area (Å²) in [6.45, 7) is 0.729. The molecular formula is C19H20N4O2. The molecule has 2 aromatic heterocycles. The van der Waals surface area contributed by atoms with Crippen LogP contribution in [-0.4, -0.2) is 39.6 Å². The van der Waals surface area contributed by atoms with Crippen LogP contribution in [0.1, 0.15) is 41.5 Å². The summed E-state index contributed by atoms with van der Waals surface area (Å²) in [6, 6.07) is 13.7. The maximum absolute atomic E-state index is 13.0. The van der Waals surface area contributed by atoms with Gasteiger partial charge in [0.25, 0.3) is 5.91 Å². The van der Waals surface area contributed by atoms with E-state index in [1.165, 1.54) is 12.5 Å². The lowest BCUT2D eigenvalue weighted by Gasteiger charge is -2.35. The van der Waals surface area contributed by atoms with Crippen molar-refractivity contribution >= 4 is 16.8 Å². The molecule has 6 heteroatoms. The molecular weight excluding hydrogens is 316 g/mol. The van der Waals surface area contributed by atoms with Crippen molar-refractivity contribution in [3.8, 4) is 5.88 Å². The van der Waals surface area contributed by atoms with Gasteiger partial charge in [0.05, 0.1) is 13.2 Å². The number of amides is 1. The summed E-state index contributed by atoms with van der Waals surface area (Å²) in [5.41, 5.74) is 2.53. The third-order valence-corrected chi connectivity index (χ3v) is 4.74. The Morgan fingerprint density at radius 3 is 2.84 bits per heavy atom. The normalized spacial score (nSPS) is 17.6. The summed E-state index contributed by atoms with van der Waals surface area (Å²) in [5, 5.41) is 9.10. The van der Waals surface area contributed by atoms with Gasteiger partial charge in [-0.05, 0) is 42.8 Å². The number of fused-ring (bicyclic) bond motifs is 1. The number of H-pyrrole nitrogens is 1. The molecule has 25 heavy (non-hydrogen) atoms. The van der Waals surface area contributed by atoms with Crippen molar-refractivity contribution in [3.63, 3.8) is 0 Å². The van der Waals surface area contributed by atoms with Crippen LogP contribution in [-0.2, 0) is 0 Å². The lowest BCUT2D eigenvalue weighted by Crippen LogP contribution is -2.39. The average molecular weight is 336 g/mol. The zero-order valence-corrected chi connectivity index (χ0v) is 14.1. The highest BCUT2D eigenvalue weighted by molar-refractivity contribution is 5.92. The van der Waals surface area contributed by atoms with Crippen molar-refractivity contribution in [2.24, 2.45) is 0 Å². The monoisotopic (exact) mass is 336 g/mol. The summed E-state index contributed by atoms with van der Waals surface area (Å²) in [4.78, 5) is 18.3. The third-order valence-electron chi connectivity index (χ3n) is 4.74. The number of benzene rings is 1. The number of rotatable bonds is 3. The number of ether oxygens (including phenoxy) is 1. The van der Waals surface area contributed by atoms with Gasteiger partial charge >= 0.3 is 0 Å². The molecule has 3 heterocycles. The lowest BCUT2D eigenvalue weighted by atomic mass is 9.98. The SMILES string of the molecule is COc1ccc(C(=O)N2CCCC[C@H]2c2cc3ccccc3[nH]2)nn1. The van der Waals surface area contributed by atoms with Crippen LogP contribution in [0.2, 0.25) is 0 Å². The number of methoxy groups -OCH3 is 1. The van der Waals surface area contributed by atoms with E-state index in [1.54, 1.807) is 12.1 Å². The van der Waals surface area contributed by atoms with Crippen LogP contribution in [0.25, 0.3) is 10.9 Å². The molecule has 4 rings (SSSR count). The zero-order valence-electron chi connectivity index (χ0n) is 14.1. The first-order chi connectivity index (χ1) is 12.3. The number of carbonyl (C=O) groups is 1. The summed E-state index contributed by atoms with van der Waals surface area (Å²) < 4.78 is 5.02. The molecule has 1 aliphatic heterocycles. The largest absolute Gasteiger partial charge is 0.480 e. The number of aromatic amines is 1. The fourth-order valence-corrected chi connectivity index (χ4v) is 3.46. The van der Waals surface area contributed by atoms with E-state index in [1.807, 2.05) is 17.0 Å². The Balaban J connectivity index is 1.64. The maximum atomic E-state index is 13.0. The van der Waals surface area contributed by atoms with Crippen LogP contribution < -0.4 is 4.74 Å². The van der Waals surface area contributed by atoms with Gasteiger partial charge in [-0.2, -0.15) is 0 Å². The van der Waals surface area contributed by atoms with Crippen LogP contribution in [0, 0.1) is 0 Å². The number of likely N-dealkylation sites (tertiary alicyclic amines) is 1. The van der Waals surface area contributed by atoms with E-state index < -0.39 is 0 Å². The van der Waals surface area contributed by atoms with Gasteiger partial charge in [0.2, 0.25) is 5.88 Å². The molecule has 3 aromatic rings. The summed E-state index contributed by atoms with van der Waals surface area (Å²) in [6.07, 6.45) is 3.06. The Hall–Kier alpha value is -2.89. The Kier molecular flexibility index (Phi) is 4.09. The Labute approximate surface area is 145 Å². The highest BCUT2D eigenvalue weighted by Crippen LogP contribution is 2.33. The lowest BCUT2D eigenvalue weighted by molar-refractivity contribution is 0.0599. The molecule has 1 amide bonds. The molecule has 1 aliphatic rings. The summed E-state index contributed by atoms with van der Waals surface area (Å²) >= 11 is 0. The molecule has 0 unspecified atom stereocenters. The zero-order chi connectivity index (χ0) is 17.2. The maximum Gasteiger partial charge on any atom is 0.274 e. The van der Waals surface area contributed by atoms with Crippen molar-refractivity contribution in [2.45, 2.75) is 25.3 Å². The number of aromatic nitrogens is 3. The molecule has 0 radical (unpaired) electrons. The number of hydrogen-bond acceptors (Lipinski definition) is 4. The number of nitrogens with zero attached hydrogens (tertiary/aromatic N) is 3. The van der Waals surface area contributed by atoms with E-state index in [-0.39, 0.29) is 11.9 Å². The van der Waals surface area contributed by atoms with Crippen molar-refractivity contribution in [1.82, 2.24) is 20.1 Å². The fourth-order valence-electron chi connectivity index (χ4n) is 3.46. The second-order valence-corrected chi connectivity index (χ2v) is 6.28. The van der Waals surface area contributed by atoms with Crippen LogP contribution in [0.15, 0.2) is 42.5 Å². The second kappa shape index (κ2) is 6.55. The molecule has 0 aliphatic carbocycles. The Morgan fingerprint density at radius 2 is 2.08 bits per heavy atom. The molecule has 1 fully saturated rings. The molecule has 6 nitrogen and oxygen atoms in total. The molecule has 1 aromatic carbocycles. The van der Waals surface area contributed by atoms with Gasteiger partial charge in [0.1, 0.15) is 0 Å². The predicted octanol–water partition coefficient (Wildman–Crippen LogP) is 3.33. The number of hydrogen-bond donors (Lipinski definition) is 1. The van der Waals surface area contributed by atoms with Crippen LogP contribution in [0.3, 0.4) is 0 Å². The number of carbonyl (C=O) groups excluding carboxylic acids is 1. The average Bonchev–Trinajstić information content (AvgIpc) is 3.11. The second-order valence-electron chi connectivity index (χ2n) is 6.28. The highest BCUT2D eigenvalue weighted by Gasteiger charge is 2.30. The van der Waals surface area contributed by atoms with Gasteiger partial charge in [-0.1, -0.05) is 18.2 Å². The van der Waals surface area contributed by atoms with Gasteiger partial charge in [-0.15, -0.1) is 10.2 Å². The van der Waals surface area contributed by atoms with E-state index in [4.69, 9.17) is 4.74 Å². The number of piperidine rings is 1. The van der Waals surface area contributed by atoms with E-state index in [2.05, 4.69) is 33.4 Å². The van der Waals surface area contributed by atoms with E-state index in [0.717, 1.165) is 37.0 Å². The van der Waals surface area contributed by atoms with Gasteiger partial charge < -0.3 is 14.6 Å². The summed E-state index contributed by atoms with van der Waals surface area (Å²) in [5.74, 6) is 0.320. The number of para-hydroxylation sites is 1. The minimum absolute atomic E-state index is 0.0394. The van der Waals surface area contributed by atoms with Crippen LogP contribution in [0.4, 0.5) is 0 Å². The van der Waals surface area contributed by atoms with Gasteiger partial charge in [-0.25, -0.2) is 0 Å². The van der Waals surface area contributed by atoms with Crippen molar-refractivity contribution in [2.75, 3.05) is 13.7 Å². The topological polar surface area (TPSA) is 71.1 Å². The smallest absolute Gasteiger partial charge is 0.274 e. The van der Waals surface area contributed by atoms with Crippen molar-refractivity contribution in [3.05, 3.63) is 53.9 Å². The minimum atomic E-state index is -0.0847. The first kappa shape index (κ1) is 15.6. The van der Waals surface area contributed by atoms with Crippen molar-refractivity contribution in [1.29, 1.82) is 0 Å². The van der Waals surface area contributed by atoms with Gasteiger partial charge in [-0.3, -0.25) is 4.79 Å². The number of nitrogens with one attached hydrogen (secondary N) is 1. The predicted molar refractivity (Wildman–Crippen MR) is 94.5 cm³/mol. The van der Waals surface area contributed by atoms with Crippen LogP contribution in [0.5, 0.6) is 5.88 Å². The summed E-state index contributed by atoms with van der Waals surface area (Å²) in [7, 11) is 1.53. The molecule has 0 bridgehead atoms. The first-order valence-corrected chi connectivity index (χ1v) is 8.52. The van der Waals surface area contributed by atoms with E-state index in [0.29, 0.717) is 11.6 Å². The molecule has 0 spiro atoms. The quantitative estimate of drug-likeness (QED) is 0.796. The Morgan fingerprint density at radius 1 is 1.20 bits per heavy atom. The molecule has 1 atom stereocenters. The Bertz CT molecular complexity index is 855. The van der Waals surface area contributed by atoms with E-state index in [9.17, 15) is 4.79 Å². The molecule has 1 N–H and O–H groups in total. The van der Waals surface area contributed by atoms with Gasteiger partial charge in [0.15, 0.2) is 5.69 Å². The molecule has 128 valence electrons. The van der Waals surface area contributed by atoms with Crippen LogP contribution >= 0.6 is 0 Å². The standard InChI is InChI=1S/C19H20N4O2/c1-25-18-10-9-15(21-22-18)19(24)23-11-5-4-8-17(23)16-12-13-6-2-3-7-14(13)20-16/h2-3,6-7,9-10,12,17,20H,4-5,8,11H2,1H3/t17-/m0/s1. The fraction of sp³-hybridized carbons (Fsp3) is 0.316. The van der Waals surface area contributed by atoms with E-state index >= 15 is 0 Å². The highest BCUT2D eigenvalue weighted by atomic mass is 16.5. The molecule has 1 saturated heterocycles. The van der Waals surface area contributed by atoms with Crippen molar-refractivity contribution < 1.29 is 9.53 Å². The first-order valence-electron chi connectivity index (χ1n) is 8.52. The molecule has 0 saturated carbocycles. The third kappa shape index (κ3) is 2.95.